The molecule has 0 aliphatic heterocycles. The van der Waals surface area contributed by atoms with Crippen molar-refractivity contribution < 1.29 is 10.0 Å². The smallest absolute Gasteiger partial charge is 0.423 e. The third kappa shape index (κ3) is 1.93. The fourth-order valence-electron chi connectivity index (χ4n) is 0.844. The number of nitrogens with zero attached hydrogens (tertiary/aromatic N) is 2. The minimum atomic E-state index is -1.53. The second-order valence-corrected chi connectivity index (χ2v) is 2.23. The van der Waals surface area contributed by atoms with Crippen molar-refractivity contribution in [1.29, 1.82) is 0 Å². The van der Waals surface area contributed by atoms with Crippen LogP contribution in [-0.2, 0) is 0 Å². The summed E-state index contributed by atoms with van der Waals surface area (Å²) < 4.78 is 0. The minimum Gasteiger partial charge on any atom is -0.423 e. The lowest BCUT2D eigenvalue weighted by Gasteiger charge is -2.06. The molecule has 0 aliphatic carbocycles. The number of rotatable bonds is 3. The summed E-state index contributed by atoms with van der Waals surface area (Å²) in [6.45, 7) is 2.58. The summed E-state index contributed by atoms with van der Waals surface area (Å²) in [6.07, 6.45) is 2.72. The molecule has 0 bridgehead atoms. The van der Waals surface area contributed by atoms with Crippen LogP contribution in [0, 0.1) is 0 Å². The standard InChI is InChI=1S/C6H10BN3O2/c1-2-9-6-5(7(11)12)3-8-4-10-6/h3-4,11-12H,2H2,1H3,(H,8,9,10). The van der Waals surface area contributed by atoms with Crippen molar-refractivity contribution in [3.8, 4) is 0 Å². The van der Waals surface area contributed by atoms with Gasteiger partial charge in [-0.2, -0.15) is 0 Å². The first-order valence-electron chi connectivity index (χ1n) is 3.65. The summed E-state index contributed by atoms with van der Waals surface area (Å²) in [5.41, 5.74) is 0.291. The predicted octanol–water partition coefficient (Wildman–Crippen LogP) is -1.41. The van der Waals surface area contributed by atoms with E-state index in [0.717, 1.165) is 0 Å². The van der Waals surface area contributed by atoms with Gasteiger partial charge in [0.1, 0.15) is 12.1 Å². The van der Waals surface area contributed by atoms with Gasteiger partial charge in [-0.1, -0.05) is 0 Å². The van der Waals surface area contributed by atoms with E-state index in [1.807, 2.05) is 6.92 Å². The Morgan fingerprint density at radius 2 is 2.33 bits per heavy atom. The Kier molecular flexibility index (Phi) is 3.01. The van der Waals surface area contributed by atoms with Crippen LogP contribution < -0.4 is 10.8 Å². The first kappa shape index (κ1) is 8.96. The predicted molar refractivity (Wildman–Crippen MR) is 46.0 cm³/mol. The van der Waals surface area contributed by atoms with Gasteiger partial charge in [-0.15, -0.1) is 0 Å². The molecule has 1 aromatic heterocycles. The average Bonchev–Trinajstić information content (AvgIpc) is 2.05. The SMILES string of the molecule is CCNc1ncncc1B(O)O. The van der Waals surface area contributed by atoms with Gasteiger partial charge in [0, 0.05) is 18.2 Å². The van der Waals surface area contributed by atoms with Crippen molar-refractivity contribution in [3.05, 3.63) is 12.5 Å². The highest BCUT2D eigenvalue weighted by Crippen LogP contribution is 1.95. The summed E-state index contributed by atoms with van der Waals surface area (Å²) in [7, 11) is -1.53. The molecule has 0 saturated heterocycles. The van der Waals surface area contributed by atoms with Crippen LogP contribution in [-0.4, -0.2) is 33.7 Å². The van der Waals surface area contributed by atoms with E-state index in [2.05, 4.69) is 15.3 Å². The summed E-state index contributed by atoms with van der Waals surface area (Å²) in [4.78, 5) is 7.53. The number of aromatic nitrogens is 2. The van der Waals surface area contributed by atoms with Crippen LogP contribution in [0.15, 0.2) is 12.5 Å². The number of hydrogen-bond acceptors (Lipinski definition) is 5. The van der Waals surface area contributed by atoms with Crippen molar-refractivity contribution in [2.75, 3.05) is 11.9 Å². The molecule has 12 heavy (non-hydrogen) atoms. The molecule has 0 amide bonds. The van der Waals surface area contributed by atoms with Crippen LogP contribution >= 0.6 is 0 Å². The van der Waals surface area contributed by atoms with E-state index in [1.165, 1.54) is 12.5 Å². The van der Waals surface area contributed by atoms with Crippen molar-refractivity contribution in [2.24, 2.45) is 0 Å². The zero-order chi connectivity index (χ0) is 8.97. The van der Waals surface area contributed by atoms with Gasteiger partial charge in [0.2, 0.25) is 0 Å². The lowest BCUT2D eigenvalue weighted by Crippen LogP contribution is -2.33. The Balaban J connectivity index is 2.92. The number of hydrogen-bond donors (Lipinski definition) is 3. The molecule has 0 saturated carbocycles. The highest BCUT2D eigenvalue weighted by Gasteiger charge is 2.16. The summed E-state index contributed by atoms with van der Waals surface area (Å²) in [5.74, 6) is 0.461. The molecular formula is C6H10BN3O2. The maximum Gasteiger partial charge on any atom is 0.493 e. The Bertz CT molecular complexity index is 256. The first-order chi connectivity index (χ1) is 5.75. The first-order valence-corrected chi connectivity index (χ1v) is 3.65. The molecule has 0 aliphatic rings. The Morgan fingerprint density at radius 3 is 2.92 bits per heavy atom. The second-order valence-electron chi connectivity index (χ2n) is 2.23. The van der Waals surface area contributed by atoms with Gasteiger partial charge < -0.3 is 15.4 Å². The van der Waals surface area contributed by atoms with E-state index in [4.69, 9.17) is 10.0 Å². The lowest BCUT2D eigenvalue weighted by molar-refractivity contribution is 0.425. The maximum absolute atomic E-state index is 8.87. The molecule has 3 N–H and O–H groups in total. The van der Waals surface area contributed by atoms with Gasteiger partial charge in [0.05, 0.1) is 0 Å². The van der Waals surface area contributed by atoms with E-state index in [-0.39, 0.29) is 0 Å². The van der Waals surface area contributed by atoms with Crippen LogP contribution in [0.5, 0.6) is 0 Å². The fourth-order valence-corrected chi connectivity index (χ4v) is 0.844. The van der Waals surface area contributed by atoms with Crippen molar-refractivity contribution in [3.63, 3.8) is 0 Å². The third-order valence-corrected chi connectivity index (χ3v) is 1.36. The van der Waals surface area contributed by atoms with Crippen LogP contribution in [0.4, 0.5) is 5.82 Å². The average molecular weight is 167 g/mol. The van der Waals surface area contributed by atoms with Gasteiger partial charge in [-0.25, -0.2) is 9.97 Å². The molecule has 0 fully saturated rings. The van der Waals surface area contributed by atoms with Crippen molar-refractivity contribution in [2.45, 2.75) is 6.92 Å². The molecule has 0 atom stereocenters. The van der Waals surface area contributed by atoms with E-state index in [1.54, 1.807) is 0 Å². The monoisotopic (exact) mass is 167 g/mol. The Morgan fingerprint density at radius 1 is 1.58 bits per heavy atom. The zero-order valence-corrected chi connectivity index (χ0v) is 6.73. The van der Waals surface area contributed by atoms with Crippen LogP contribution in [0.25, 0.3) is 0 Å². The topological polar surface area (TPSA) is 78.3 Å². The molecular weight excluding hydrogens is 157 g/mol. The number of nitrogens with one attached hydrogen (secondary N) is 1. The molecule has 1 rings (SSSR count). The molecule has 1 aromatic rings. The van der Waals surface area contributed by atoms with Crippen LogP contribution in [0.2, 0.25) is 0 Å². The third-order valence-electron chi connectivity index (χ3n) is 1.36. The lowest BCUT2D eigenvalue weighted by atomic mass is 9.81. The van der Waals surface area contributed by atoms with E-state index >= 15 is 0 Å². The zero-order valence-electron chi connectivity index (χ0n) is 6.73. The van der Waals surface area contributed by atoms with Gasteiger partial charge in [-0.3, -0.25) is 0 Å². The van der Waals surface area contributed by atoms with E-state index in [9.17, 15) is 0 Å². The summed E-state index contributed by atoms with van der Waals surface area (Å²) >= 11 is 0. The van der Waals surface area contributed by atoms with Crippen LogP contribution in [0.3, 0.4) is 0 Å². The molecule has 64 valence electrons. The van der Waals surface area contributed by atoms with E-state index < -0.39 is 7.12 Å². The fraction of sp³-hybridized carbons (Fsp3) is 0.333. The Labute approximate surface area is 70.6 Å². The molecule has 6 heteroatoms. The maximum atomic E-state index is 8.87. The highest BCUT2D eigenvalue weighted by atomic mass is 16.4. The summed E-state index contributed by atoms with van der Waals surface area (Å²) in [6, 6.07) is 0. The van der Waals surface area contributed by atoms with Gasteiger partial charge in [-0.05, 0) is 6.92 Å². The Hall–Kier alpha value is -1.14. The second kappa shape index (κ2) is 4.03. The molecule has 0 spiro atoms. The van der Waals surface area contributed by atoms with Crippen molar-refractivity contribution >= 4 is 18.4 Å². The quantitative estimate of drug-likeness (QED) is 0.482. The number of anilines is 1. The van der Waals surface area contributed by atoms with Crippen LogP contribution in [0.1, 0.15) is 6.92 Å². The van der Waals surface area contributed by atoms with E-state index in [0.29, 0.717) is 17.8 Å². The normalized spacial score (nSPS) is 9.58. The highest BCUT2D eigenvalue weighted by molar-refractivity contribution is 6.60. The molecule has 0 radical (unpaired) electrons. The van der Waals surface area contributed by atoms with Gasteiger partial charge in [0.15, 0.2) is 0 Å². The van der Waals surface area contributed by atoms with Crippen molar-refractivity contribution in [1.82, 2.24) is 9.97 Å². The minimum absolute atomic E-state index is 0.291. The molecule has 0 aromatic carbocycles. The van der Waals surface area contributed by atoms with Gasteiger partial charge >= 0.3 is 7.12 Å². The largest absolute Gasteiger partial charge is 0.493 e. The molecule has 0 unspecified atom stereocenters. The molecule has 1 heterocycles. The molecule has 5 nitrogen and oxygen atoms in total. The summed E-state index contributed by atoms with van der Waals surface area (Å²) in [5, 5.41) is 20.6. The van der Waals surface area contributed by atoms with Gasteiger partial charge in [0.25, 0.3) is 0 Å².